The number of benzene rings is 1. The topological polar surface area (TPSA) is 103 Å². The first-order valence-electron chi connectivity index (χ1n) is 8.96. The van der Waals surface area contributed by atoms with Gasteiger partial charge in [-0.1, -0.05) is 6.07 Å². The Morgan fingerprint density at radius 2 is 2.21 bits per heavy atom. The summed E-state index contributed by atoms with van der Waals surface area (Å²) >= 11 is 0. The van der Waals surface area contributed by atoms with E-state index in [1.807, 2.05) is 12.3 Å². The Bertz CT molecular complexity index is 953. The van der Waals surface area contributed by atoms with Crippen molar-refractivity contribution in [3.63, 3.8) is 0 Å². The monoisotopic (exact) mass is 379 g/mol. The maximum Gasteiger partial charge on any atom is 0.270 e. The summed E-state index contributed by atoms with van der Waals surface area (Å²) < 4.78 is 5.64. The van der Waals surface area contributed by atoms with Gasteiger partial charge in [-0.3, -0.25) is 9.59 Å². The third-order valence-corrected chi connectivity index (χ3v) is 4.75. The van der Waals surface area contributed by atoms with E-state index in [1.165, 1.54) is 12.1 Å². The molecule has 0 saturated heterocycles. The van der Waals surface area contributed by atoms with Crippen molar-refractivity contribution in [1.82, 2.24) is 10.2 Å². The number of fused-ring (bicyclic) bond motifs is 1. The Morgan fingerprint density at radius 3 is 2.89 bits per heavy atom. The first-order valence-corrected chi connectivity index (χ1v) is 8.96. The predicted molar refractivity (Wildman–Crippen MR) is 102 cm³/mol. The lowest BCUT2D eigenvalue weighted by atomic mass is 9.95. The number of amides is 1. The second-order valence-electron chi connectivity index (χ2n) is 6.54. The van der Waals surface area contributed by atoms with Crippen LogP contribution in [0.1, 0.15) is 25.0 Å². The van der Waals surface area contributed by atoms with Crippen LogP contribution in [-0.4, -0.2) is 41.1 Å². The molecule has 7 nitrogen and oxygen atoms in total. The van der Waals surface area contributed by atoms with Crippen LogP contribution >= 0.6 is 0 Å². The molecule has 0 bridgehead atoms. The molecule has 2 aliphatic rings. The highest BCUT2D eigenvalue weighted by Crippen LogP contribution is 2.30. The van der Waals surface area contributed by atoms with Crippen LogP contribution in [0.5, 0.6) is 5.75 Å². The van der Waals surface area contributed by atoms with Gasteiger partial charge in [0.1, 0.15) is 5.75 Å². The number of ether oxygens (including phenoxy) is 1. The van der Waals surface area contributed by atoms with E-state index in [9.17, 15) is 14.7 Å². The molecule has 1 aliphatic heterocycles. The molecule has 0 fully saturated rings. The number of allylic oxidation sites excluding steroid dienone is 3. The third kappa shape index (κ3) is 3.82. The highest BCUT2D eigenvalue weighted by atomic mass is 16.5. The van der Waals surface area contributed by atoms with Crippen molar-refractivity contribution in [2.24, 2.45) is 0 Å². The third-order valence-electron chi connectivity index (χ3n) is 4.75. The average Bonchev–Trinajstić information content (AvgIpc) is 3.12. The molecule has 28 heavy (non-hydrogen) atoms. The largest absolute Gasteiger partial charge is 0.508 e. The van der Waals surface area contributed by atoms with Crippen LogP contribution in [0.4, 0.5) is 0 Å². The molecule has 1 amide bonds. The smallest absolute Gasteiger partial charge is 0.270 e. The number of phenols is 1. The Hall–Kier alpha value is -3.37. The van der Waals surface area contributed by atoms with Gasteiger partial charge >= 0.3 is 0 Å². The number of nitrogens with one attached hydrogen (secondary N) is 1. The van der Waals surface area contributed by atoms with Crippen LogP contribution in [0.25, 0.3) is 0 Å². The fourth-order valence-corrected chi connectivity index (χ4v) is 3.18. The van der Waals surface area contributed by atoms with Gasteiger partial charge in [0, 0.05) is 37.0 Å². The fourth-order valence-electron chi connectivity index (χ4n) is 3.18. The molecule has 0 spiro atoms. The second kappa shape index (κ2) is 8.11. The van der Waals surface area contributed by atoms with Crippen molar-refractivity contribution >= 4 is 11.7 Å². The lowest BCUT2D eigenvalue weighted by Gasteiger charge is -2.26. The maximum absolute atomic E-state index is 12.7. The fraction of sp³-hybridized carbons (Fsp3) is 0.286. The van der Waals surface area contributed by atoms with Crippen LogP contribution in [0.3, 0.4) is 0 Å². The minimum absolute atomic E-state index is 0.0253. The van der Waals surface area contributed by atoms with Crippen molar-refractivity contribution in [2.75, 3.05) is 13.2 Å². The summed E-state index contributed by atoms with van der Waals surface area (Å²) in [6.07, 6.45) is 4.24. The molecular weight excluding hydrogens is 358 g/mol. The van der Waals surface area contributed by atoms with Crippen LogP contribution in [0.15, 0.2) is 53.3 Å². The Morgan fingerprint density at radius 1 is 1.43 bits per heavy atom. The number of carbonyl (C=O) groups excluding carboxylic acids is 2. The lowest BCUT2D eigenvalue weighted by Crippen LogP contribution is -2.45. The molecule has 0 saturated carbocycles. The molecule has 1 atom stereocenters. The minimum atomic E-state index is -0.854. The van der Waals surface area contributed by atoms with Gasteiger partial charge in [-0.15, -0.1) is 0 Å². The van der Waals surface area contributed by atoms with Gasteiger partial charge in [0.25, 0.3) is 5.91 Å². The zero-order valence-corrected chi connectivity index (χ0v) is 15.7. The van der Waals surface area contributed by atoms with Crippen molar-refractivity contribution in [3.05, 3.63) is 64.4 Å². The molecule has 0 radical (unpaired) electrons. The number of phenolic OH excluding ortho intramolecular Hbond substituents is 1. The van der Waals surface area contributed by atoms with E-state index in [1.54, 1.807) is 37.0 Å². The standard InChI is InChI=1S/C21H21N3O4/c1-3-28-21(24-11-16-6-7-18(25)13(2)17(16)12-24)20(27)23-10-15-5-4-14(9-22)8-19(15)26/h4-8,11,21,26H,3,10,12H2,1-2H3,(H,23,27). The number of nitriles is 1. The van der Waals surface area contributed by atoms with Gasteiger partial charge in [-0.25, -0.2) is 0 Å². The number of hydrogen-bond acceptors (Lipinski definition) is 6. The summed E-state index contributed by atoms with van der Waals surface area (Å²) in [6.45, 7) is 4.44. The van der Waals surface area contributed by atoms with Gasteiger partial charge in [0.15, 0.2) is 5.78 Å². The van der Waals surface area contributed by atoms with Crippen molar-refractivity contribution < 1.29 is 19.4 Å². The van der Waals surface area contributed by atoms with E-state index < -0.39 is 6.23 Å². The number of rotatable bonds is 6. The zero-order valence-electron chi connectivity index (χ0n) is 15.7. The van der Waals surface area contributed by atoms with E-state index in [4.69, 9.17) is 10.00 Å². The molecule has 0 aromatic heterocycles. The summed E-state index contributed by atoms with van der Waals surface area (Å²) in [5.41, 5.74) is 3.32. The molecule has 144 valence electrons. The summed E-state index contributed by atoms with van der Waals surface area (Å²) in [6, 6.07) is 6.48. The normalized spacial score (nSPS) is 16.5. The van der Waals surface area contributed by atoms with E-state index in [-0.39, 0.29) is 24.0 Å². The van der Waals surface area contributed by atoms with Crippen molar-refractivity contribution in [1.29, 1.82) is 5.26 Å². The number of nitrogens with zero attached hydrogens (tertiary/aromatic N) is 2. The molecule has 1 aromatic rings. The Kier molecular flexibility index (Phi) is 5.62. The molecule has 1 unspecified atom stereocenters. The molecule has 1 aliphatic carbocycles. The Balaban J connectivity index is 1.72. The molecule has 1 aromatic carbocycles. The molecule has 3 rings (SSSR count). The number of hydrogen-bond donors (Lipinski definition) is 2. The maximum atomic E-state index is 12.7. The molecule has 7 heteroatoms. The molecule has 1 heterocycles. The lowest BCUT2D eigenvalue weighted by molar-refractivity contribution is -0.142. The summed E-state index contributed by atoms with van der Waals surface area (Å²) in [4.78, 5) is 26.4. The minimum Gasteiger partial charge on any atom is -0.508 e. The average molecular weight is 379 g/mol. The van der Waals surface area contributed by atoms with Gasteiger partial charge in [0.2, 0.25) is 6.23 Å². The first-order chi connectivity index (χ1) is 13.4. The molecular formula is C21H21N3O4. The van der Waals surface area contributed by atoms with E-state index in [0.717, 1.165) is 11.1 Å². The summed E-state index contributed by atoms with van der Waals surface area (Å²) in [5, 5.41) is 21.6. The van der Waals surface area contributed by atoms with Crippen LogP contribution < -0.4 is 5.32 Å². The highest BCUT2D eigenvalue weighted by molar-refractivity contribution is 6.06. The van der Waals surface area contributed by atoms with Gasteiger partial charge < -0.3 is 20.1 Å². The molecule has 2 N–H and O–H groups in total. The Labute approximate surface area is 163 Å². The van der Waals surface area contributed by atoms with Crippen LogP contribution in [0.2, 0.25) is 0 Å². The van der Waals surface area contributed by atoms with E-state index in [0.29, 0.717) is 29.9 Å². The van der Waals surface area contributed by atoms with Crippen LogP contribution in [-0.2, 0) is 20.9 Å². The first kappa shape index (κ1) is 19.4. The van der Waals surface area contributed by atoms with E-state index in [2.05, 4.69) is 5.32 Å². The summed E-state index contributed by atoms with van der Waals surface area (Å²) in [7, 11) is 0. The SMILES string of the molecule is CCOC(C(=O)NCc1ccc(C#N)cc1O)N1C=C2C=CC(=O)C(C)=C2C1. The predicted octanol–water partition coefficient (Wildman–Crippen LogP) is 1.90. The zero-order chi connectivity index (χ0) is 20.3. The highest BCUT2D eigenvalue weighted by Gasteiger charge is 2.32. The second-order valence-corrected chi connectivity index (χ2v) is 6.54. The van der Waals surface area contributed by atoms with Crippen molar-refractivity contribution in [3.8, 4) is 11.8 Å². The van der Waals surface area contributed by atoms with Crippen molar-refractivity contribution in [2.45, 2.75) is 26.6 Å². The van der Waals surface area contributed by atoms with E-state index >= 15 is 0 Å². The summed E-state index contributed by atoms with van der Waals surface area (Å²) in [5.74, 6) is -0.427. The van der Waals surface area contributed by atoms with Gasteiger partial charge in [-0.2, -0.15) is 5.26 Å². The van der Waals surface area contributed by atoms with Gasteiger partial charge in [-0.05, 0) is 49.3 Å². The van der Waals surface area contributed by atoms with Gasteiger partial charge in [0.05, 0.1) is 11.6 Å². The number of ketones is 1. The quantitative estimate of drug-likeness (QED) is 0.783. The number of carbonyl (C=O) groups is 2. The van der Waals surface area contributed by atoms with Crippen LogP contribution in [0, 0.1) is 11.3 Å². The number of aromatic hydroxyl groups is 1.